The zero-order valence-corrected chi connectivity index (χ0v) is 9.96. The normalized spacial score (nSPS) is 18.6. The highest BCUT2D eigenvalue weighted by molar-refractivity contribution is 5.87. The molecule has 0 saturated carbocycles. The minimum Gasteiger partial charge on any atom is -0.367 e. The second-order valence-corrected chi connectivity index (χ2v) is 4.84. The van der Waals surface area contributed by atoms with Gasteiger partial charge >= 0.3 is 0 Å². The van der Waals surface area contributed by atoms with Crippen molar-refractivity contribution < 1.29 is 0 Å². The number of fused-ring (bicyclic) bond motifs is 2. The molecule has 1 atom stereocenters. The molecule has 2 heterocycles. The number of anilines is 1. The highest BCUT2D eigenvalue weighted by atomic mass is 15.0. The number of hydrogen-bond acceptors (Lipinski definition) is 2. The highest BCUT2D eigenvalue weighted by Gasteiger charge is 2.19. The van der Waals surface area contributed by atoms with Crippen molar-refractivity contribution in [2.24, 2.45) is 0 Å². The second-order valence-electron chi connectivity index (χ2n) is 4.84. The molecule has 1 aromatic carbocycles. The van der Waals surface area contributed by atoms with E-state index in [4.69, 9.17) is 4.98 Å². The lowest BCUT2D eigenvalue weighted by Crippen LogP contribution is -2.08. The maximum atomic E-state index is 4.76. The lowest BCUT2D eigenvalue weighted by molar-refractivity contribution is 0.839. The summed E-state index contributed by atoms with van der Waals surface area (Å²) >= 11 is 0. The van der Waals surface area contributed by atoms with Gasteiger partial charge in [-0.3, -0.25) is 0 Å². The molecule has 1 unspecified atom stereocenters. The van der Waals surface area contributed by atoms with E-state index in [0.717, 1.165) is 17.8 Å². The summed E-state index contributed by atoms with van der Waals surface area (Å²) in [7, 11) is 0. The van der Waals surface area contributed by atoms with Gasteiger partial charge in [-0.15, -0.1) is 0 Å². The van der Waals surface area contributed by atoms with Crippen LogP contribution in [0.2, 0.25) is 0 Å². The van der Waals surface area contributed by atoms with Crippen LogP contribution < -0.4 is 5.32 Å². The quantitative estimate of drug-likeness (QED) is 0.725. The Morgan fingerprint density at radius 2 is 2.00 bits per heavy atom. The first kappa shape index (κ1) is 9.64. The third kappa shape index (κ3) is 1.29. The summed E-state index contributed by atoms with van der Waals surface area (Å²) in [6, 6.07) is 7.14. The standard InChI is InChI=1S/C14H16N2/c1-8-4-5-9(2)13-12(8)7-11-6-10(3)15-14(11)16-13/h4-5,7,10H,6H2,1-3H3,(H,15,16). The van der Waals surface area contributed by atoms with Gasteiger partial charge in [0.25, 0.3) is 0 Å². The molecular formula is C14H16N2. The Morgan fingerprint density at radius 3 is 2.81 bits per heavy atom. The maximum absolute atomic E-state index is 4.76. The summed E-state index contributed by atoms with van der Waals surface area (Å²) in [4.78, 5) is 4.76. The van der Waals surface area contributed by atoms with E-state index in [1.54, 1.807) is 0 Å². The van der Waals surface area contributed by atoms with Crippen LogP contribution in [0.25, 0.3) is 10.9 Å². The van der Waals surface area contributed by atoms with E-state index in [9.17, 15) is 0 Å². The predicted molar refractivity (Wildman–Crippen MR) is 68.0 cm³/mol. The Bertz CT molecular complexity index is 522. The van der Waals surface area contributed by atoms with Crippen molar-refractivity contribution in [2.45, 2.75) is 33.2 Å². The van der Waals surface area contributed by atoms with Crippen molar-refractivity contribution >= 4 is 16.7 Å². The largest absolute Gasteiger partial charge is 0.367 e. The zero-order chi connectivity index (χ0) is 11.3. The van der Waals surface area contributed by atoms with Gasteiger partial charge in [0.05, 0.1) is 5.52 Å². The molecule has 0 spiro atoms. The van der Waals surface area contributed by atoms with Crippen molar-refractivity contribution in [3.05, 3.63) is 34.9 Å². The lowest BCUT2D eigenvalue weighted by Gasteiger charge is -2.07. The van der Waals surface area contributed by atoms with E-state index < -0.39 is 0 Å². The van der Waals surface area contributed by atoms with Gasteiger partial charge in [0.15, 0.2) is 0 Å². The van der Waals surface area contributed by atoms with Gasteiger partial charge in [0.1, 0.15) is 5.82 Å². The first-order valence-corrected chi connectivity index (χ1v) is 5.81. The third-order valence-electron chi connectivity index (χ3n) is 3.39. The fraction of sp³-hybridized carbons (Fsp3) is 0.357. The van der Waals surface area contributed by atoms with E-state index in [1.165, 1.54) is 22.1 Å². The molecule has 0 bridgehead atoms. The number of hydrogen-bond donors (Lipinski definition) is 1. The summed E-state index contributed by atoms with van der Waals surface area (Å²) in [5.74, 6) is 1.08. The summed E-state index contributed by atoms with van der Waals surface area (Å²) < 4.78 is 0. The van der Waals surface area contributed by atoms with Crippen molar-refractivity contribution in [1.29, 1.82) is 0 Å². The van der Waals surface area contributed by atoms with Gasteiger partial charge < -0.3 is 5.32 Å². The van der Waals surface area contributed by atoms with Crippen molar-refractivity contribution in [1.82, 2.24) is 4.98 Å². The van der Waals surface area contributed by atoms with Crippen LogP contribution in [0.5, 0.6) is 0 Å². The maximum Gasteiger partial charge on any atom is 0.130 e. The fourth-order valence-corrected chi connectivity index (χ4v) is 2.47. The number of rotatable bonds is 0. The minimum atomic E-state index is 0.514. The number of aromatic nitrogens is 1. The van der Waals surface area contributed by atoms with Gasteiger partial charge in [0.2, 0.25) is 0 Å². The Kier molecular flexibility index (Phi) is 1.93. The van der Waals surface area contributed by atoms with Crippen LogP contribution in [0.3, 0.4) is 0 Å². The number of nitrogens with zero attached hydrogens (tertiary/aromatic N) is 1. The Labute approximate surface area is 95.7 Å². The molecule has 0 saturated heterocycles. The van der Waals surface area contributed by atoms with Crippen molar-refractivity contribution in [2.75, 3.05) is 5.32 Å². The van der Waals surface area contributed by atoms with Crippen LogP contribution in [-0.4, -0.2) is 11.0 Å². The number of pyridine rings is 1. The first-order chi connectivity index (χ1) is 7.65. The predicted octanol–water partition coefficient (Wildman–Crippen LogP) is 3.21. The molecule has 2 heteroatoms. The van der Waals surface area contributed by atoms with Gasteiger partial charge in [-0.1, -0.05) is 12.1 Å². The molecule has 0 fully saturated rings. The number of benzene rings is 1. The van der Waals surface area contributed by atoms with Gasteiger partial charge in [-0.05, 0) is 49.9 Å². The molecule has 1 N–H and O–H groups in total. The molecule has 1 aliphatic rings. The molecule has 16 heavy (non-hydrogen) atoms. The average Bonchev–Trinajstić information content (AvgIpc) is 2.61. The Hall–Kier alpha value is -1.57. The van der Waals surface area contributed by atoms with E-state index in [-0.39, 0.29) is 0 Å². The van der Waals surface area contributed by atoms with Gasteiger partial charge in [-0.25, -0.2) is 4.98 Å². The van der Waals surface area contributed by atoms with Crippen LogP contribution in [0.15, 0.2) is 18.2 Å². The topological polar surface area (TPSA) is 24.9 Å². The summed E-state index contributed by atoms with van der Waals surface area (Å²) in [6.07, 6.45) is 1.09. The molecule has 1 aromatic heterocycles. The molecule has 82 valence electrons. The van der Waals surface area contributed by atoms with Crippen LogP contribution in [0.1, 0.15) is 23.6 Å². The zero-order valence-electron chi connectivity index (χ0n) is 9.96. The SMILES string of the molecule is Cc1ccc(C)c2nc3c(cc12)CC(C)N3. The molecule has 3 rings (SSSR count). The van der Waals surface area contributed by atoms with Crippen LogP contribution in [0, 0.1) is 13.8 Å². The molecule has 0 aliphatic carbocycles. The molecule has 1 aliphatic heterocycles. The second kappa shape index (κ2) is 3.21. The monoisotopic (exact) mass is 212 g/mol. The summed E-state index contributed by atoms with van der Waals surface area (Å²) in [5, 5.41) is 4.73. The van der Waals surface area contributed by atoms with Crippen molar-refractivity contribution in [3.63, 3.8) is 0 Å². The Balaban J connectivity index is 2.34. The smallest absolute Gasteiger partial charge is 0.130 e. The van der Waals surface area contributed by atoms with Crippen molar-refractivity contribution in [3.8, 4) is 0 Å². The molecule has 2 aromatic rings. The van der Waals surface area contributed by atoms with Gasteiger partial charge in [-0.2, -0.15) is 0 Å². The first-order valence-electron chi connectivity index (χ1n) is 5.81. The third-order valence-corrected chi connectivity index (χ3v) is 3.39. The molecule has 2 nitrogen and oxygen atoms in total. The molecular weight excluding hydrogens is 196 g/mol. The summed E-state index contributed by atoms with van der Waals surface area (Å²) in [5.41, 5.74) is 5.06. The fourth-order valence-electron chi connectivity index (χ4n) is 2.47. The number of nitrogens with one attached hydrogen (secondary N) is 1. The highest BCUT2D eigenvalue weighted by Crippen LogP contribution is 2.30. The Morgan fingerprint density at radius 1 is 1.25 bits per heavy atom. The molecule has 0 amide bonds. The van der Waals surface area contributed by atoms with E-state index in [1.807, 2.05) is 0 Å². The summed E-state index contributed by atoms with van der Waals surface area (Å²) in [6.45, 7) is 6.48. The lowest BCUT2D eigenvalue weighted by atomic mass is 10.0. The number of aryl methyl sites for hydroxylation is 2. The van der Waals surface area contributed by atoms with Crippen LogP contribution in [0.4, 0.5) is 5.82 Å². The van der Waals surface area contributed by atoms with Crippen LogP contribution >= 0.6 is 0 Å². The minimum absolute atomic E-state index is 0.514. The average molecular weight is 212 g/mol. The van der Waals surface area contributed by atoms with E-state index in [0.29, 0.717) is 6.04 Å². The molecule has 0 radical (unpaired) electrons. The van der Waals surface area contributed by atoms with E-state index >= 15 is 0 Å². The van der Waals surface area contributed by atoms with Gasteiger partial charge in [0, 0.05) is 11.4 Å². The van der Waals surface area contributed by atoms with Crippen LogP contribution in [-0.2, 0) is 6.42 Å². The van der Waals surface area contributed by atoms with E-state index in [2.05, 4.69) is 44.3 Å².